The van der Waals surface area contributed by atoms with E-state index in [0.717, 1.165) is 17.4 Å². The molecule has 1 heterocycles. The third-order valence-electron chi connectivity index (χ3n) is 4.88. The third kappa shape index (κ3) is 1.50. The molecular formula is C15H12N2O5. The van der Waals surface area contributed by atoms with E-state index < -0.39 is 10.7 Å². The number of anilines is 1. The van der Waals surface area contributed by atoms with Crippen LogP contribution in [0.15, 0.2) is 30.4 Å². The summed E-state index contributed by atoms with van der Waals surface area (Å²) in [5, 5.41) is 20.7. The Morgan fingerprint density at radius 2 is 1.73 bits per heavy atom. The number of phenolic OH excluding ortho intramolecular Hbond substituents is 1. The van der Waals surface area contributed by atoms with Crippen LogP contribution in [0.25, 0.3) is 0 Å². The monoisotopic (exact) mass is 300 g/mol. The van der Waals surface area contributed by atoms with E-state index in [4.69, 9.17) is 0 Å². The molecule has 1 aromatic rings. The van der Waals surface area contributed by atoms with E-state index >= 15 is 0 Å². The fourth-order valence-corrected chi connectivity index (χ4v) is 3.95. The highest BCUT2D eigenvalue weighted by molar-refractivity contribution is 6.23. The molecule has 112 valence electrons. The maximum Gasteiger partial charge on any atom is 0.273 e. The van der Waals surface area contributed by atoms with E-state index in [9.17, 15) is 24.8 Å². The lowest BCUT2D eigenvalue weighted by atomic mass is 9.85. The van der Waals surface area contributed by atoms with Gasteiger partial charge in [-0.25, -0.2) is 4.90 Å². The van der Waals surface area contributed by atoms with Gasteiger partial charge in [0.2, 0.25) is 11.8 Å². The summed E-state index contributed by atoms with van der Waals surface area (Å²) >= 11 is 0. The van der Waals surface area contributed by atoms with Gasteiger partial charge in [-0.3, -0.25) is 19.7 Å². The Bertz CT molecular complexity index is 726. The minimum Gasteiger partial charge on any atom is -0.505 e. The molecular weight excluding hydrogens is 288 g/mol. The second-order valence-electron chi connectivity index (χ2n) is 5.94. The number of carbonyl (C=O) groups excluding carboxylic acids is 2. The van der Waals surface area contributed by atoms with Gasteiger partial charge in [-0.15, -0.1) is 0 Å². The number of hydrogen-bond acceptors (Lipinski definition) is 5. The molecule has 0 spiro atoms. The summed E-state index contributed by atoms with van der Waals surface area (Å²) in [6.45, 7) is 0. The van der Waals surface area contributed by atoms with Gasteiger partial charge in [0.25, 0.3) is 5.69 Å². The smallest absolute Gasteiger partial charge is 0.273 e. The standard InChI is InChI=1S/C15H12N2O5/c18-11-6-9(17(21)22)3-4-10(11)16-14(19)12-7-1-2-8(5-7)13(12)15(16)20/h1-4,6-8,12-13,18H,5H2/t7-,8-,12+,13+/m0/s1. The van der Waals surface area contributed by atoms with Crippen molar-refractivity contribution < 1.29 is 19.6 Å². The first-order valence-electron chi connectivity index (χ1n) is 7.02. The van der Waals surface area contributed by atoms with Gasteiger partial charge in [0.15, 0.2) is 0 Å². The maximum absolute atomic E-state index is 12.6. The Morgan fingerprint density at radius 3 is 2.23 bits per heavy atom. The number of imide groups is 1. The predicted molar refractivity (Wildman–Crippen MR) is 75.0 cm³/mol. The van der Waals surface area contributed by atoms with Crippen LogP contribution in [0.5, 0.6) is 5.75 Å². The minimum absolute atomic E-state index is 0.0226. The summed E-state index contributed by atoms with van der Waals surface area (Å²) in [6, 6.07) is 3.38. The molecule has 1 saturated carbocycles. The lowest BCUT2D eigenvalue weighted by molar-refractivity contribution is -0.384. The number of non-ortho nitro benzene ring substituents is 1. The molecule has 4 atom stereocenters. The molecule has 0 radical (unpaired) electrons. The molecule has 2 bridgehead atoms. The second kappa shape index (κ2) is 4.16. The highest BCUT2D eigenvalue weighted by Crippen LogP contribution is 2.53. The molecule has 1 aliphatic heterocycles. The first-order valence-corrected chi connectivity index (χ1v) is 7.02. The molecule has 1 N–H and O–H groups in total. The number of nitrogens with zero attached hydrogens (tertiary/aromatic N) is 2. The minimum atomic E-state index is -0.643. The van der Waals surface area contributed by atoms with Crippen LogP contribution in [0.2, 0.25) is 0 Å². The van der Waals surface area contributed by atoms with Gasteiger partial charge in [-0.2, -0.15) is 0 Å². The molecule has 3 aliphatic rings. The number of rotatable bonds is 2. The molecule has 0 aromatic heterocycles. The number of nitro benzene ring substituents is 1. The van der Waals surface area contributed by atoms with E-state index in [1.54, 1.807) is 0 Å². The SMILES string of the molecule is O=C1[C@H]2[C@H](C(=O)N1c1ccc([N+](=O)[O-])cc1O)[C@H]1C=C[C@H]2C1. The largest absolute Gasteiger partial charge is 0.505 e. The van der Waals surface area contributed by atoms with Gasteiger partial charge < -0.3 is 5.11 Å². The molecule has 1 saturated heterocycles. The Kier molecular flexibility index (Phi) is 2.46. The van der Waals surface area contributed by atoms with Crippen molar-refractivity contribution in [3.8, 4) is 5.75 Å². The van der Waals surface area contributed by atoms with Crippen LogP contribution in [0.4, 0.5) is 11.4 Å². The van der Waals surface area contributed by atoms with Crippen LogP contribution in [0, 0.1) is 33.8 Å². The number of aromatic hydroxyl groups is 1. The second-order valence-corrected chi connectivity index (χ2v) is 5.94. The fourth-order valence-electron chi connectivity index (χ4n) is 3.95. The number of benzene rings is 1. The van der Waals surface area contributed by atoms with Gasteiger partial charge in [0.05, 0.1) is 28.5 Å². The summed E-state index contributed by atoms with van der Waals surface area (Å²) in [5.74, 6) is -1.65. The number of fused-ring (bicyclic) bond motifs is 5. The number of hydrogen-bond donors (Lipinski definition) is 1. The van der Waals surface area contributed by atoms with Crippen molar-refractivity contribution in [2.45, 2.75) is 6.42 Å². The van der Waals surface area contributed by atoms with Gasteiger partial charge >= 0.3 is 0 Å². The van der Waals surface area contributed by atoms with Crippen LogP contribution >= 0.6 is 0 Å². The van der Waals surface area contributed by atoms with Gasteiger partial charge in [-0.1, -0.05) is 12.2 Å². The summed E-state index contributed by atoms with van der Waals surface area (Å²) in [4.78, 5) is 36.2. The van der Waals surface area contributed by atoms with E-state index in [1.807, 2.05) is 12.2 Å². The number of allylic oxidation sites excluding steroid dienone is 2. The van der Waals surface area contributed by atoms with Crippen LogP contribution in [-0.2, 0) is 9.59 Å². The Morgan fingerprint density at radius 1 is 1.14 bits per heavy atom. The molecule has 2 aliphatic carbocycles. The van der Waals surface area contributed by atoms with Gasteiger partial charge in [-0.05, 0) is 24.3 Å². The van der Waals surface area contributed by atoms with E-state index in [2.05, 4.69) is 0 Å². The fraction of sp³-hybridized carbons (Fsp3) is 0.333. The average Bonchev–Trinajstić information content (AvgIpc) is 3.14. The molecule has 0 unspecified atom stereocenters. The lowest BCUT2D eigenvalue weighted by Crippen LogP contribution is -2.32. The number of nitro groups is 1. The van der Waals surface area contributed by atoms with Crippen molar-refractivity contribution >= 4 is 23.2 Å². The number of amides is 2. The zero-order chi connectivity index (χ0) is 15.6. The summed E-state index contributed by atoms with van der Waals surface area (Å²) in [5.41, 5.74) is -0.267. The maximum atomic E-state index is 12.6. The van der Waals surface area contributed by atoms with Crippen molar-refractivity contribution in [1.82, 2.24) is 0 Å². The zero-order valence-corrected chi connectivity index (χ0v) is 11.4. The Labute approximate surface area is 125 Å². The Hall–Kier alpha value is -2.70. The molecule has 2 fully saturated rings. The molecule has 22 heavy (non-hydrogen) atoms. The van der Waals surface area contributed by atoms with Gasteiger partial charge in [0.1, 0.15) is 5.75 Å². The molecule has 1 aromatic carbocycles. The highest BCUT2D eigenvalue weighted by Gasteiger charge is 2.59. The van der Waals surface area contributed by atoms with Crippen molar-refractivity contribution in [1.29, 1.82) is 0 Å². The Balaban J connectivity index is 1.74. The van der Waals surface area contributed by atoms with Crippen molar-refractivity contribution in [3.05, 3.63) is 40.5 Å². The van der Waals surface area contributed by atoms with Crippen molar-refractivity contribution in [3.63, 3.8) is 0 Å². The predicted octanol–water partition coefficient (Wildman–Crippen LogP) is 1.61. The van der Waals surface area contributed by atoms with Crippen LogP contribution in [-0.4, -0.2) is 21.8 Å². The van der Waals surface area contributed by atoms with Crippen LogP contribution < -0.4 is 4.90 Å². The summed E-state index contributed by atoms with van der Waals surface area (Å²) in [7, 11) is 0. The van der Waals surface area contributed by atoms with E-state index in [1.165, 1.54) is 12.1 Å². The van der Waals surface area contributed by atoms with E-state index in [-0.39, 0.29) is 46.9 Å². The zero-order valence-electron chi connectivity index (χ0n) is 11.4. The summed E-state index contributed by atoms with van der Waals surface area (Å²) in [6.07, 6.45) is 4.79. The highest BCUT2D eigenvalue weighted by atomic mass is 16.6. The normalized spacial score (nSPS) is 31.9. The molecule has 7 heteroatoms. The first kappa shape index (κ1) is 13.0. The van der Waals surface area contributed by atoms with Crippen molar-refractivity contribution in [2.75, 3.05) is 4.90 Å². The quantitative estimate of drug-likeness (QED) is 0.387. The number of phenols is 1. The van der Waals surface area contributed by atoms with Crippen LogP contribution in [0.1, 0.15) is 6.42 Å². The average molecular weight is 300 g/mol. The molecule has 2 amide bonds. The topological polar surface area (TPSA) is 101 Å². The molecule has 4 rings (SSSR count). The molecule has 7 nitrogen and oxygen atoms in total. The van der Waals surface area contributed by atoms with Crippen LogP contribution in [0.3, 0.4) is 0 Å². The third-order valence-corrected chi connectivity index (χ3v) is 4.88. The number of carbonyl (C=O) groups is 2. The first-order chi connectivity index (χ1) is 10.5. The van der Waals surface area contributed by atoms with Crippen molar-refractivity contribution in [2.24, 2.45) is 23.7 Å². The summed E-state index contributed by atoms with van der Waals surface area (Å²) < 4.78 is 0. The van der Waals surface area contributed by atoms with E-state index in [0.29, 0.717) is 0 Å². The lowest BCUT2D eigenvalue weighted by Gasteiger charge is -2.18. The van der Waals surface area contributed by atoms with Gasteiger partial charge in [0, 0.05) is 6.07 Å².